The van der Waals surface area contributed by atoms with E-state index in [1.54, 1.807) is 0 Å². The monoisotopic (exact) mass is 316 g/mol. The van der Waals surface area contributed by atoms with Gasteiger partial charge in [-0.15, -0.1) is 5.73 Å². The van der Waals surface area contributed by atoms with Gasteiger partial charge in [-0.2, -0.15) is 13.2 Å². The molecule has 7 heteroatoms. The number of halogens is 4. The van der Waals surface area contributed by atoms with Crippen molar-refractivity contribution < 1.29 is 32.2 Å². The van der Waals surface area contributed by atoms with Crippen LogP contribution in [-0.2, 0) is 11.0 Å². The summed E-state index contributed by atoms with van der Waals surface area (Å²) in [6.07, 6.45) is -3.01. The smallest absolute Gasteiger partial charge is 0.419 e. The van der Waals surface area contributed by atoms with Gasteiger partial charge in [0, 0.05) is 6.42 Å². The molecule has 22 heavy (non-hydrogen) atoms. The fraction of sp³-hybridized carbons (Fsp3) is 0.200. The molecule has 1 rings (SSSR count). The van der Waals surface area contributed by atoms with Crippen LogP contribution in [0, 0.1) is 5.82 Å². The Morgan fingerprint density at radius 3 is 2.50 bits per heavy atom. The van der Waals surface area contributed by atoms with E-state index in [0.29, 0.717) is 12.1 Å². The lowest BCUT2D eigenvalue weighted by Gasteiger charge is -2.26. The largest absolute Gasteiger partial charge is 0.478 e. The summed E-state index contributed by atoms with van der Waals surface area (Å²) in [5.74, 6) is -3.40. The summed E-state index contributed by atoms with van der Waals surface area (Å²) in [5, 5.41) is 9.23. The van der Waals surface area contributed by atoms with Crippen molar-refractivity contribution in [2.45, 2.75) is 18.2 Å². The van der Waals surface area contributed by atoms with Crippen molar-refractivity contribution in [2.75, 3.05) is 0 Å². The molecule has 0 aliphatic rings. The second-order valence-corrected chi connectivity index (χ2v) is 4.25. The van der Waals surface area contributed by atoms with Gasteiger partial charge < -0.3 is 9.84 Å². The van der Waals surface area contributed by atoms with Gasteiger partial charge in [0.15, 0.2) is 0 Å². The van der Waals surface area contributed by atoms with Crippen molar-refractivity contribution in [1.82, 2.24) is 0 Å². The van der Waals surface area contributed by atoms with E-state index >= 15 is 0 Å². The Morgan fingerprint density at radius 2 is 2.05 bits per heavy atom. The van der Waals surface area contributed by atoms with Gasteiger partial charge >= 0.3 is 12.1 Å². The SMILES string of the molecule is C=C=CC[C@](C=C)(Oc1ccc(F)c(C(F)(F)F)c1)C(=O)O. The predicted octanol–water partition coefficient (Wildman–Crippen LogP) is 3.96. The van der Waals surface area contributed by atoms with E-state index in [4.69, 9.17) is 4.74 Å². The van der Waals surface area contributed by atoms with Gasteiger partial charge in [0.1, 0.15) is 11.6 Å². The summed E-state index contributed by atoms with van der Waals surface area (Å²) < 4.78 is 56.3. The second-order valence-electron chi connectivity index (χ2n) is 4.25. The molecule has 1 aromatic carbocycles. The van der Waals surface area contributed by atoms with E-state index in [0.717, 1.165) is 12.1 Å². The molecule has 0 bridgehead atoms. The Balaban J connectivity index is 3.27. The van der Waals surface area contributed by atoms with Gasteiger partial charge in [0.25, 0.3) is 0 Å². The standard InChI is InChI=1S/C15H12F4O3/c1-3-5-8-14(4-2,13(20)21)22-10-6-7-12(16)11(9-10)15(17,18)19/h4-7,9H,1-2,8H2,(H,20,21)/t14-/m0/s1. The van der Waals surface area contributed by atoms with Gasteiger partial charge in [-0.1, -0.05) is 13.2 Å². The quantitative estimate of drug-likeness (QED) is 0.491. The topological polar surface area (TPSA) is 46.5 Å². The first-order chi connectivity index (χ1) is 10.2. The molecule has 0 amide bonds. The Hall–Kier alpha value is -2.53. The van der Waals surface area contributed by atoms with Crippen LogP contribution in [0.4, 0.5) is 17.6 Å². The van der Waals surface area contributed by atoms with Crippen LogP contribution in [0.1, 0.15) is 12.0 Å². The molecule has 0 saturated heterocycles. The molecule has 0 aliphatic carbocycles. The van der Waals surface area contributed by atoms with Gasteiger partial charge in [-0.05, 0) is 30.4 Å². The van der Waals surface area contributed by atoms with Crippen LogP contribution in [-0.4, -0.2) is 16.7 Å². The molecule has 118 valence electrons. The van der Waals surface area contributed by atoms with Crippen molar-refractivity contribution in [3.05, 3.63) is 60.6 Å². The molecule has 1 N–H and O–H groups in total. The van der Waals surface area contributed by atoms with Crippen LogP contribution in [0.25, 0.3) is 0 Å². The van der Waals surface area contributed by atoms with Gasteiger partial charge in [0.05, 0.1) is 5.56 Å². The summed E-state index contributed by atoms with van der Waals surface area (Å²) in [7, 11) is 0. The van der Waals surface area contributed by atoms with Gasteiger partial charge in [0.2, 0.25) is 5.60 Å². The summed E-state index contributed by atoms with van der Waals surface area (Å²) in [6, 6.07) is 1.86. The van der Waals surface area contributed by atoms with E-state index in [-0.39, 0.29) is 6.42 Å². The second kappa shape index (κ2) is 6.49. The third-order valence-electron chi connectivity index (χ3n) is 2.78. The summed E-state index contributed by atoms with van der Waals surface area (Å²) in [4.78, 5) is 11.4. The number of carboxylic acids is 1. The van der Waals surface area contributed by atoms with Crippen molar-refractivity contribution in [2.24, 2.45) is 0 Å². The maximum Gasteiger partial charge on any atom is 0.419 e. The van der Waals surface area contributed by atoms with Crippen molar-refractivity contribution in [3.63, 3.8) is 0 Å². The molecule has 0 unspecified atom stereocenters. The number of aliphatic carboxylic acids is 1. The van der Waals surface area contributed by atoms with Crippen LogP contribution in [0.15, 0.2) is 49.2 Å². The van der Waals surface area contributed by atoms with E-state index in [2.05, 4.69) is 18.9 Å². The lowest BCUT2D eigenvalue weighted by Crippen LogP contribution is -2.42. The number of alkyl halides is 3. The minimum absolute atomic E-state index is 0.256. The molecule has 0 aromatic heterocycles. The minimum Gasteiger partial charge on any atom is -0.478 e. The number of rotatable bonds is 6. The average molecular weight is 316 g/mol. The number of carbonyl (C=O) groups is 1. The molecule has 0 fully saturated rings. The molecule has 1 aromatic rings. The molecule has 3 nitrogen and oxygen atoms in total. The highest BCUT2D eigenvalue weighted by Gasteiger charge is 2.39. The predicted molar refractivity (Wildman–Crippen MR) is 70.9 cm³/mol. The third kappa shape index (κ3) is 3.77. The first-order valence-corrected chi connectivity index (χ1v) is 5.93. The number of ether oxygens (including phenoxy) is 1. The summed E-state index contributed by atoms with van der Waals surface area (Å²) in [6.45, 7) is 6.58. The van der Waals surface area contributed by atoms with Crippen molar-refractivity contribution in [3.8, 4) is 5.75 Å². The first-order valence-electron chi connectivity index (χ1n) is 5.93. The fourth-order valence-corrected chi connectivity index (χ4v) is 1.60. The molecule has 0 spiro atoms. The molecular weight excluding hydrogens is 304 g/mol. The first kappa shape index (κ1) is 17.5. The normalized spacial score (nSPS) is 13.6. The van der Waals surface area contributed by atoms with Crippen molar-refractivity contribution >= 4 is 5.97 Å². The molecule has 0 radical (unpaired) electrons. The molecule has 0 saturated carbocycles. The zero-order valence-corrected chi connectivity index (χ0v) is 11.3. The van der Waals surface area contributed by atoms with Crippen LogP contribution < -0.4 is 4.74 Å². The zero-order valence-electron chi connectivity index (χ0n) is 11.3. The number of benzene rings is 1. The number of hydrogen-bond acceptors (Lipinski definition) is 2. The Bertz CT molecular complexity index is 630. The number of carboxylic acid groups (broad SMARTS) is 1. The van der Waals surface area contributed by atoms with Crippen LogP contribution in [0.2, 0.25) is 0 Å². The lowest BCUT2D eigenvalue weighted by atomic mass is 9.99. The molecule has 0 heterocycles. The fourth-order valence-electron chi connectivity index (χ4n) is 1.60. The van der Waals surface area contributed by atoms with Crippen LogP contribution in [0.5, 0.6) is 5.75 Å². The minimum atomic E-state index is -4.93. The highest BCUT2D eigenvalue weighted by atomic mass is 19.4. The maximum absolute atomic E-state index is 13.2. The van der Waals surface area contributed by atoms with E-state index in [9.17, 15) is 27.5 Å². The Kier molecular flexibility index (Phi) is 5.17. The van der Waals surface area contributed by atoms with E-state index in [1.165, 1.54) is 6.08 Å². The van der Waals surface area contributed by atoms with E-state index < -0.39 is 34.9 Å². The van der Waals surface area contributed by atoms with Crippen LogP contribution in [0.3, 0.4) is 0 Å². The van der Waals surface area contributed by atoms with Gasteiger partial charge in [-0.3, -0.25) is 0 Å². The zero-order chi connectivity index (χ0) is 17.0. The molecule has 0 aliphatic heterocycles. The van der Waals surface area contributed by atoms with Crippen molar-refractivity contribution in [1.29, 1.82) is 0 Å². The van der Waals surface area contributed by atoms with E-state index in [1.807, 2.05) is 0 Å². The summed E-state index contributed by atoms with van der Waals surface area (Å²) >= 11 is 0. The average Bonchev–Trinajstić information content (AvgIpc) is 2.43. The summed E-state index contributed by atoms with van der Waals surface area (Å²) in [5.41, 5.74) is -1.22. The highest BCUT2D eigenvalue weighted by molar-refractivity contribution is 5.80. The third-order valence-corrected chi connectivity index (χ3v) is 2.78. The molecular formula is C15H12F4O3. The number of hydrogen-bond donors (Lipinski definition) is 1. The Morgan fingerprint density at radius 1 is 1.41 bits per heavy atom. The maximum atomic E-state index is 13.2. The van der Waals surface area contributed by atoms with Crippen LogP contribution >= 0.6 is 0 Å². The molecule has 1 atom stereocenters. The van der Waals surface area contributed by atoms with Gasteiger partial charge in [-0.25, -0.2) is 9.18 Å². The highest BCUT2D eigenvalue weighted by Crippen LogP contribution is 2.35. The Labute approximate surface area is 123 Å². The lowest BCUT2D eigenvalue weighted by molar-refractivity contribution is -0.150.